The van der Waals surface area contributed by atoms with Crippen molar-refractivity contribution in [2.45, 2.75) is 90.1 Å². The van der Waals surface area contributed by atoms with Crippen molar-refractivity contribution < 1.29 is 9.53 Å². The van der Waals surface area contributed by atoms with E-state index in [4.69, 9.17) is 4.74 Å². The van der Waals surface area contributed by atoms with Crippen LogP contribution in [0.2, 0.25) is 0 Å². The Labute approximate surface area is 148 Å². The van der Waals surface area contributed by atoms with Crippen molar-refractivity contribution in [3.05, 3.63) is 5.21 Å². The number of rotatable bonds is 14. The smallest absolute Gasteiger partial charge is 0.219 e. The summed E-state index contributed by atoms with van der Waals surface area (Å²) >= 11 is 0. The van der Waals surface area contributed by atoms with Crippen LogP contribution in [0.25, 0.3) is 0 Å². The van der Waals surface area contributed by atoms with Crippen molar-refractivity contribution in [1.82, 2.24) is 10.4 Å². The topological polar surface area (TPSA) is 64.6 Å². The van der Waals surface area contributed by atoms with Gasteiger partial charge in [0.05, 0.1) is 12.7 Å². The van der Waals surface area contributed by atoms with Gasteiger partial charge in [-0.1, -0.05) is 58.3 Å². The second kappa shape index (κ2) is 14.7. The van der Waals surface area contributed by atoms with E-state index in [0.717, 1.165) is 30.7 Å². The molecule has 1 rings (SSSR count). The summed E-state index contributed by atoms with van der Waals surface area (Å²) in [5.74, 6) is 0.160. The summed E-state index contributed by atoms with van der Waals surface area (Å²) < 4.78 is 5.53. The van der Waals surface area contributed by atoms with Crippen LogP contribution in [0.5, 0.6) is 0 Å². The molecule has 0 aromatic rings. The molecule has 1 aliphatic rings. The van der Waals surface area contributed by atoms with E-state index in [1.54, 1.807) is 0 Å². The number of ether oxygens (including phenoxy) is 1. The Morgan fingerprint density at radius 2 is 1.75 bits per heavy atom. The van der Waals surface area contributed by atoms with Crippen molar-refractivity contribution in [2.75, 3.05) is 26.2 Å². The fourth-order valence-corrected chi connectivity index (χ4v) is 3.11. The van der Waals surface area contributed by atoms with Crippen LogP contribution in [0.3, 0.4) is 0 Å². The molecule has 1 amide bonds. The number of morpholine rings is 1. The van der Waals surface area contributed by atoms with Crippen molar-refractivity contribution in [2.24, 2.45) is 0 Å². The lowest BCUT2D eigenvalue weighted by atomic mass is 10.1. The molecule has 0 saturated carbocycles. The zero-order valence-corrected chi connectivity index (χ0v) is 15.6. The first-order chi connectivity index (χ1) is 11.7. The van der Waals surface area contributed by atoms with Gasteiger partial charge >= 0.3 is 0 Å². The first-order valence-corrected chi connectivity index (χ1v) is 10.0. The Balaban J connectivity index is 1.83. The maximum Gasteiger partial charge on any atom is 0.219 e. The molecule has 0 spiro atoms. The number of carbonyl (C=O) groups is 1. The predicted molar refractivity (Wildman–Crippen MR) is 98.8 cm³/mol. The van der Waals surface area contributed by atoms with Gasteiger partial charge in [0.1, 0.15) is 0 Å². The van der Waals surface area contributed by atoms with E-state index in [-0.39, 0.29) is 12.0 Å². The van der Waals surface area contributed by atoms with Crippen LogP contribution in [-0.2, 0) is 9.53 Å². The quantitative estimate of drug-likeness (QED) is 0.485. The molecule has 0 bridgehead atoms. The first kappa shape index (κ1) is 21.4. The van der Waals surface area contributed by atoms with Gasteiger partial charge in [-0.3, -0.25) is 4.79 Å². The molecule has 0 aromatic heterocycles. The summed E-state index contributed by atoms with van der Waals surface area (Å²) in [5.41, 5.74) is 0. The van der Waals surface area contributed by atoms with Gasteiger partial charge < -0.3 is 20.3 Å². The summed E-state index contributed by atoms with van der Waals surface area (Å²) in [6.07, 6.45) is 13.9. The molecule has 1 fully saturated rings. The molecule has 1 aliphatic heterocycles. The van der Waals surface area contributed by atoms with E-state index >= 15 is 0 Å². The number of amides is 1. The third-order valence-corrected chi connectivity index (χ3v) is 4.63. The van der Waals surface area contributed by atoms with Crippen molar-refractivity contribution >= 4 is 5.91 Å². The number of unbranched alkanes of at least 4 members (excludes halogenated alkanes) is 8. The lowest BCUT2D eigenvalue weighted by Gasteiger charge is -2.37. The lowest BCUT2D eigenvalue weighted by Crippen LogP contribution is -2.39. The standard InChI is InChI=1S/C19H37N2O3/c1-2-3-4-5-6-7-8-9-10-13-19(22)20-14-11-12-18-17-21(23)15-16-24-18/h18H,2-17H2,1H3,(H,20,22)/q-1. The normalized spacial score (nSPS) is 18.7. The Hall–Kier alpha value is -0.650. The third-order valence-electron chi connectivity index (χ3n) is 4.63. The Bertz CT molecular complexity index is 313. The van der Waals surface area contributed by atoms with Crippen LogP contribution in [0.15, 0.2) is 0 Å². The lowest BCUT2D eigenvalue weighted by molar-refractivity contribution is -0.121. The molecule has 1 saturated heterocycles. The van der Waals surface area contributed by atoms with E-state index < -0.39 is 0 Å². The molecule has 5 heteroatoms. The van der Waals surface area contributed by atoms with Gasteiger partial charge in [-0.2, -0.15) is 0 Å². The number of hydrogen-bond acceptors (Lipinski definition) is 4. The minimum atomic E-state index is 0.0329. The molecule has 0 aliphatic carbocycles. The highest BCUT2D eigenvalue weighted by atomic mass is 16.5. The second-order valence-corrected chi connectivity index (χ2v) is 6.95. The van der Waals surface area contributed by atoms with E-state index in [0.29, 0.717) is 32.7 Å². The molecule has 1 unspecified atom stereocenters. The zero-order valence-electron chi connectivity index (χ0n) is 15.6. The van der Waals surface area contributed by atoms with Crippen LogP contribution >= 0.6 is 0 Å². The zero-order chi connectivity index (χ0) is 17.5. The second-order valence-electron chi connectivity index (χ2n) is 6.95. The van der Waals surface area contributed by atoms with Crippen LogP contribution in [0.4, 0.5) is 0 Å². The van der Waals surface area contributed by atoms with E-state index in [1.807, 2.05) is 0 Å². The summed E-state index contributed by atoms with van der Waals surface area (Å²) in [6, 6.07) is 0. The average molecular weight is 342 g/mol. The number of nitrogens with one attached hydrogen (secondary N) is 1. The molecule has 24 heavy (non-hydrogen) atoms. The van der Waals surface area contributed by atoms with Gasteiger partial charge in [-0.15, -0.1) is 0 Å². The molecule has 0 aromatic carbocycles. The molecule has 142 valence electrons. The van der Waals surface area contributed by atoms with Gasteiger partial charge in [-0.05, 0) is 19.3 Å². The largest absolute Gasteiger partial charge is 0.785 e. The van der Waals surface area contributed by atoms with E-state index in [1.165, 1.54) is 44.9 Å². The molecule has 1 atom stereocenters. The maximum absolute atomic E-state index is 11.8. The number of nitrogens with zero attached hydrogens (tertiary/aromatic N) is 1. The fraction of sp³-hybridized carbons (Fsp3) is 0.947. The van der Waals surface area contributed by atoms with Crippen molar-refractivity contribution in [3.63, 3.8) is 0 Å². The highest BCUT2D eigenvalue weighted by Gasteiger charge is 2.14. The number of hydrogen-bond donors (Lipinski definition) is 1. The predicted octanol–water partition coefficient (Wildman–Crippen LogP) is 4.00. The van der Waals surface area contributed by atoms with Crippen LogP contribution in [0.1, 0.15) is 84.0 Å². The maximum atomic E-state index is 11.8. The third kappa shape index (κ3) is 11.8. The first-order valence-electron chi connectivity index (χ1n) is 10.0. The summed E-state index contributed by atoms with van der Waals surface area (Å²) in [5, 5.41) is 15.3. The Morgan fingerprint density at radius 3 is 2.42 bits per heavy atom. The Kier molecular flexibility index (Phi) is 13.1. The van der Waals surface area contributed by atoms with Crippen LogP contribution < -0.4 is 5.32 Å². The van der Waals surface area contributed by atoms with Gasteiger partial charge in [0.15, 0.2) is 0 Å². The molecule has 1 heterocycles. The van der Waals surface area contributed by atoms with Crippen LogP contribution in [-0.4, -0.2) is 43.3 Å². The molecule has 1 N–H and O–H groups in total. The SMILES string of the molecule is CCCCCCCCCCCC(=O)NCCCC1CN([O-])CCO1. The van der Waals surface area contributed by atoms with Gasteiger partial charge in [-0.25, -0.2) is 0 Å². The molecule has 5 nitrogen and oxygen atoms in total. The Morgan fingerprint density at radius 1 is 1.08 bits per heavy atom. The van der Waals surface area contributed by atoms with Gasteiger partial charge in [0.2, 0.25) is 5.91 Å². The van der Waals surface area contributed by atoms with Crippen molar-refractivity contribution in [1.29, 1.82) is 0 Å². The number of hydroxylamine groups is 2. The van der Waals surface area contributed by atoms with Gasteiger partial charge in [0.25, 0.3) is 0 Å². The van der Waals surface area contributed by atoms with Crippen LogP contribution in [0, 0.1) is 5.21 Å². The highest BCUT2D eigenvalue weighted by Crippen LogP contribution is 2.11. The minimum Gasteiger partial charge on any atom is -0.785 e. The molecular formula is C19H37N2O3-. The average Bonchev–Trinajstić information content (AvgIpc) is 2.57. The number of carbonyl (C=O) groups excluding carboxylic acids is 1. The summed E-state index contributed by atoms with van der Waals surface area (Å²) in [6.45, 7) is 4.40. The van der Waals surface area contributed by atoms with E-state index in [2.05, 4.69) is 12.2 Å². The molecule has 0 radical (unpaired) electrons. The fourth-order valence-electron chi connectivity index (χ4n) is 3.11. The highest BCUT2D eigenvalue weighted by molar-refractivity contribution is 5.75. The van der Waals surface area contributed by atoms with E-state index in [9.17, 15) is 10.0 Å². The van der Waals surface area contributed by atoms with Gasteiger partial charge in [0, 0.05) is 26.1 Å². The minimum absolute atomic E-state index is 0.0329. The molecular weight excluding hydrogens is 304 g/mol. The summed E-state index contributed by atoms with van der Waals surface area (Å²) in [7, 11) is 0. The van der Waals surface area contributed by atoms with Crippen molar-refractivity contribution in [3.8, 4) is 0 Å². The monoisotopic (exact) mass is 341 g/mol. The summed E-state index contributed by atoms with van der Waals surface area (Å²) in [4.78, 5) is 11.8.